The second kappa shape index (κ2) is 9.79. The van der Waals surface area contributed by atoms with Gasteiger partial charge in [0.1, 0.15) is 17.6 Å². The molecule has 172 valence electrons. The molecule has 1 aliphatic heterocycles. The molecule has 1 aromatic heterocycles. The lowest BCUT2D eigenvalue weighted by Crippen LogP contribution is -2.41. The number of benzene rings is 3. The number of para-hydroxylation sites is 1. The maximum atomic E-state index is 13.4. The van der Waals surface area contributed by atoms with Gasteiger partial charge in [-0.2, -0.15) is 0 Å². The molecule has 2 unspecified atom stereocenters. The summed E-state index contributed by atoms with van der Waals surface area (Å²) in [6.45, 7) is 2.17. The Labute approximate surface area is 206 Å². The highest BCUT2D eigenvalue weighted by molar-refractivity contribution is 8.00. The van der Waals surface area contributed by atoms with Crippen molar-refractivity contribution in [2.45, 2.75) is 30.0 Å². The first kappa shape index (κ1) is 22.3. The summed E-state index contributed by atoms with van der Waals surface area (Å²) in [7, 11) is 0. The summed E-state index contributed by atoms with van der Waals surface area (Å²) < 4.78 is 7.68. The van der Waals surface area contributed by atoms with Gasteiger partial charge in [-0.05, 0) is 42.3 Å². The van der Waals surface area contributed by atoms with Crippen molar-refractivity contribution in [2.75, 3.05) is 10.7 Å². The molecule has 3 aromatic carbocycles. The van der Waals surface area contributed by atoms with Gasteiger partial charge in [0.2, 0.25) is 11.1 Å². The van der Waals surface area contributed by atoms with E-state index in [1.807, 2.05) is 73.7 Å². The number of hydrogen-bond acceptors (Lipinski definition) is 6. The largest absolute Gasteiger partial charge is 0.486 e. The first-order valence-corrected chi connectivity index (χ1v) is 12.0. The number of thioether (sulfide) groups is 1. The van der Waals surface area contributed by atoms with Crippen molar-refractivity contribution in [3.05, 3.63) is 101 Å². The van der Waals surface area contributed by atoms with Crippen LogP contribution in [-0.4, -0.2) is 26.0 Å². The molecule has 5 rings (SSSR count). The third-order valence-electron chi connectivity index (χ3n) is 5.49. The molecule has 0 radical (unpaired) electrons. The average molecular weight is 492 g/mol. The molecule has 2 atom stereocenters. The number of carbonyl (C=O) groups excluding carboxylic acids is 1. The first-order valence-electron chi connectivity index (χ1n) is 10.8. The molecular formula is C25H22ClN5O2S. The molecule has 0 saturated heterocycles. The van der Waals surface area contributed by atoms with Crippen molar-refractivity contribution in [3.8, 4) is 5.75 Å². The van der Waals surface area contributed by atoms with Crippen LogP contribution in [0.25, 0.3) is 0 Å². The summed E-state index contributed by atoms with van der Waals surface area (Å²) in [5.41, 5.74) is 6.05. The van der Waals surface area contributed by atoms with Gasteiger partial charge in [0.25, 0.3) is 0 Å². The summed E-state index contributed by atoms with van der Waals surface area (Å²) in [4.78, 5) is 13.4. The van der Waals surface area contributed by atoms with E-state index < -0.39 is 5.25 Å². The zero-order valence-electron chi connectivity index (χ0n) is 18.3. The van der Waals surface area contributed by atoms with E-state index in [9.17, 15) is 4.79 Å². The molecule has 34 heavy (non-hydrogen) atoms. The Morgan fingerprint density at radius 1 is 1.09 bits per heavy atom. The molecule has 2 N–H and O–H groups in total. The number of aromatic nitrogens is 3. The van der Waals surface area contributed by atoms with Crippen LogP contribution in [0.1, 0.15) is 23.0 Å². The van der Waals surface area contributed by atoms with Gasteiger partial charge in [0, 0.05) is 10.7 Å². The summed E-state index contributed by atoms with van der Waals surface area (Å²) in [5.74, 6) is 1.22. The van der Waals surface area contributed by atoms with Gasteiger partial charge in [0.05, 0.1) is 6.04 Å². The molecule has 9 heteroatoms. The molecule has 4 aromatic rings. The van der Waals surface area contributed by atoms with Crippen LogP contribution in [0.3, 0.4) is 0 Å². The molecule has 0 aliphatic carbocycles. The van der Waals surface area contributed by atoms with Crippen LogP contribution in [0.5, 0.6) is 5.75 Å². The number of rotatable bonds is 6. The quantitative estimate of drug-likeness (QED) is 0.385. The number of hydrogen-bond donors (Lipinski definition) is 2. The van der Waals surface area contributed by atoms with Gasteiger partial charge in [0.15, 0.2) is 5.82 Å². The number of nitrogens with one attached hydrogen (secondary N) is 2. The second-order valence-corrected chi connectivity index (χ2v) is 9.39. The Hall–Kier alpha value is -3.49. The van der Waals surface area contributed by atoms with Gasteiger partial charge >= 0.3 is 0 Å². The van der Waals surface area contributed by atoms with Crippen LogP contribution >= 0.6 is 23.4 Å². The Morgan fingerprint density at radius 3 is 2.59 bits per heavy atom. The second-order valence-electron chi connectivity index (χ2n) is 7.84. The van der Waals surface area contributed by atoms with Crippen LogP contribution in [0.15, 0.2) is 84.0 Å². The number of ether oxygens (including phenoxy) is 1. The summed E-state index contributed by atoms with van der Waals surface area (Å²) in [5, 5.41) is 12.3. The number of fused-ring (bicyclic) bond motifs is 1. The summed E-state index contributed by atoms with van der Waals surface area (Å²) in [6.07, 6.45) is 0. The minimum atomic E-state index is -0.486. The fourth-order valence-corrected chi connectivity index (χ4v) is 4.97. The van der Waals surface area contributed by atoms with Crippen molar-refractivity contribution in [1.29, 1.82) is 0 Å². The zero-order chi connectivity index (χ0) is 23.5. The fraction of sp³-hybridized carbons (Fsp3) is 0.160. The lowest BCUT2D eigenvalue weighted by atomic mass is 10.0. The molecule has 0 saturated carbocycles. The van der Waals surface area contributed by atoms with Gasteiger partial charge < -0.3 is 15.5 Å². The van der Waals surface area contributed by atoms with Gasteiger partial charge in [-0.25, -0.2) is 4.68 Å². The highest BCUT2D eigenvalue weighted by Gasteiger charge is 2.38. The minimum absolute atomic E-state index is 0.145. The molecule has 1 aliphatic rings. The molecule has 0 fully saturated rings. The van der Waals surface area contributed by atoms with E-state index >= 15 is 0 Å². The Kier molecular flexibility index (Phi) is 6.42. The molecule has 0 spiro atoms. The summed E-state index contributed by atoms with van der Waals surface area (Å²) in [6, 6.07) is 24.5. The summed E-state index contributed by atoms with van der Waals surface area (Å²) >= 11 is 7.52. The maximum Gasteiger partial charge on any atom is 0.240 e. The average Bonchev–Trinajstić information content (AvgIpc) is 3.27. The van der Waals surface area contributed by atoms with Crippen LogP contribution in [0, 0.1) is 6.92 Å². The van der Waals surface area contributed by atoms with E-state index in [0.29, 0.717) is 21.7 Å². The Bertz CT molecular complexity index is 1300. The van der Waals surface area contributed by atoms with E-state index in [0.717, 1.165) is 16.9 Å². The molecule has 1 amide bonds. The van der Waals surface area contributed by atoms with E-state index in [2.05, 4.69) is 20.9 Å². The number of carbonyl (C=O) groups is 1. The van der Waals surface area contributed by atoms with E-state index in [-0.39, 0.29) is 18.6 Å². The fourth-order valence-electron chi connectivity index (χ4n) is 3.70. The lowest BCUT2D eigenvalue weighted by Gasteiger charge is -2.33. The number of aryl methyl sites for hydroxylation is 1. The van der Waals surface area contributed by atoms with Gasteiger partial charge in [-0.15, -0.1) is 10.2 Å². The molecule has 2 heterocycles. The topological polar surface area (TPSA) is 81.1 Å². The minimum Gasteiger partial charge on any atom is -0.486 e. The van der Waals surface area contributed by atoms with Crippen molar-refractivity contribution in [2.24, 2.45) is 0 Å². The molecule has 0 bridgehead atoms. The third kappa shape index (κ3) is 4.73. The number of anilines is 1. The van der Waals surface area contributed by atoms with Gasteiger partial charge in [-0.1, -0.05) is 78.0 Å². The Morgan fingerprint density at radius 2 is 1.82 bits per heavy atom. The SMILES string of the molecule is Cc1ccc(Cl)cc1NC(=O)C1Sc2nnc(COc3ccccc3)n2NC1c1ccccc1. The van der Waals surface area contributed by atoms with E-state index in [4.69, 9.17) is 16.3 Å². The maximum absolute atomic E-state index is 13.4. The zero-order valence-corrected chi connectivity index (χ0v) is 19.9. The highest BCUT2D eigenvalue weighted by Crippen LogP contribution is 2.38. The number of amides is 1. The van der Waals surface area contributed by atoms with E-state index in [1.54, 1.807) is 16.8 Å². The van der Waals surface area contributed by atoms with Crippen molar-refractivity contribution in [1.82, 2.24) is 14.9 Å². The standard InChI is InChI=1S/C25H22ClN5O2S/c1-16-12-13-18(26)14-20(16)27-24(32)23-22(17-8-4-2-5-9-17)30-31-21(28-29-25(31)34-23)15-33-19-10-6-3-7-11-19/h2-14,22-23,30H,15H2,1H3,(H,27,32). The number of nitrogens with zero attached hydrogens (tertiary/aromatic N) is 3. The smallest absolute Gasteiger partial charge is 0.240 e. The van der Waals surface area contributed by atoms with Crippen molar-refractivity contribution in [3.63, 3.8) is 0 Å². The molecule has 7 nitrogen and oxygen atoms in total. The first-order chi connectivity index (χ1) is 16.6. The Balaban J connectivity index is 1.42. The van der Waals surface area contributed by atoms with Gasteiger partial charge in [-0.3, -0.25) is 4.79 Å². The monoisotopic (exact) mass is 491 g/mol. The van der Waals surface area contributed by atoms with Crippen LogP contribution in [0.4, 0.5) is 5.69 Å². The lowest BCUT2D eigenvalue weighted by molar-refractivity contribution is -0.116. The van der Waals surface area contributed by atoms with E-state index in [1.165, 1.54) is 11.8 Å². The highest BCUT2D eigenvalue weighted by atomic mass is 35.5. The van der Waals surface area contributed by atoms with Crippen LogP contribution < -0.4 is 15.5 Å². The van der Waals surface area contributed by atoms with Crippen LogP contribution in [-0.2, 0) is 11.4 Å². The normalized spacial score (nSPS) is 16.9. The van der Waals surface area contributed by atoms with Crippen LogP contribution in [0.2, 0.25) is 5.02 Å². The number of halogens is 1. The third-order valence-corrected chi connectivity index (χ3v) is 6.94. The molecular weight excluding hydrogens is 470 g/mol. The predicted octanol–water partition coefficient (Wildman–Crippen LogP) is 5.22. The predicted molar refractivity (Wildman–Crippen MR) is 134 cm³/mol. The van der Waals surface area contributed by atoms with Crippen molar-refractivity contribution < 1.29 is 9.53 Å². The van der Waals surface area contributed by atoms with Crippen molar-refractivity contribution >= 4 is 35.0 Å².